The Bertz CT molecular complexity index is 1810. The molecule has 4 aliphatic rings. The van der Waals surface area contributed by atoms with Gasteiger partial charge in [0.2, 0.25) is 5.88 Å². The predicted octanol–water partition coefficient (Wildman–Crippen LogP) is 3.93. The number of ether oxygens (including phenoxy) is 2. The molecule has 2 aromatic carbocycles. The standard InChI is InChI=1S/C32H31FN6O3/c1-3-16-6-4-7-17-12-18(34)13-20(24(16)17)27-26(33)28-25-30(38-32(37-28)42-23-9-5-8-22(23)40)39-14-19-10-11-21(35-19)29(39)15(2)41-31(25)36-27/h1,4,6-7,12-13,15,19,21-23,29,35,40H,5,8-11,14,34H2,2H3/t15-,19+,21-,22+,23+,29+/m0/s1. The molecular weight excluding hydrogens is 535 g/mol. The van der Waals surface area contributed by atoms with E-state index in [4.69, 9.17) is 31.6 Å². The van der Waals surface area contributed by atoms with Crippen LogP contribution < -0.4 is 25.4 Å². The minimum Gasteiger partial charge on any atom is -0.472 e. The maximum atomic E-state index is 16.9. The molecule has 5 heterocycles. The second-order valence-electron chi connectivity index (χ2n) is 11.9. The van der Waals surface area contributed by atoms with Crippen molar-refractivity contribution >= 4 is 33.2 Å². The summed E-state index contributed by atoms with van der Waals surface area (Å²) in [5.41, 5.74) is 7.91. The van der Waals surface area contributed by atoms with Gasteiger partial charge in [-0.15, -0.1) is 6.42 Å². The monoisotopic (exact) mass is 566 g/mol. The van der Waals surface area contributed by atoms with E-state index in [1.807, 2.05) is 31.2 Å². The quantitative estimate of drug-likeness (QED) is 0.250. The molecule has 3 fully saturated rings. The van der Waals surface area contributed by atoms with Crippen LogP contribution in [0.15, 0.2) is 30.3 Å². The minimum absolute atomic E-state index is 0.0337. The maximum Gasteiger partial charge on any atom is 0.319 e. The van der Waals surface area contributed by atoms with Crippen molar-refractivity contribution in [3.8, 4) is 35.5 Å². The van der Waals surface area contributed by atoms with Gasteiger partial charge in [0.15, 0.2) is 5.82 Å². The highest BCUT2D eigenvalue weighted by molar-refractivity contribution is 6.04. The lowest BCUT2D eigenvalue weighted by Gasteiger charge is -2.42. The minimum atomic E-state index is -0.638. The number of halogens is 1. The molecule has 8 rings (SSSR count). The zero-order valence-electron chi connectivity index (χ0n) is 23.2. The second-order valence-corrected chi connectivity index (χ2v) is 11.9. The molecule has 9 nitrogen and oxygen atoms in total. The van der Waals surface area contributed by atoms with Crippen LogP contribution in [0.1, 0.15) is 44.6 Å². The Labute approximate surface area is 242 Å². The number of hydrogen-bond donors (Lipinski definition) is 3. The Kier molecular flexibility index (Phi) is 5.71. The molecule has 0 unspecified atom stereocenters. The number of benzene rings is 2. The summed E-state index contributed by atoms with van der Waals surface area (Å²) >= 11 is 0. The summed E-state index contributed by atoms with van der Waals surface area (Å²) < 4.78 is 29.6. The normalized spacial score (nSPS) is 27.9. The lowest BCUT2D eigenvalue weighted by atomic mass is 9.96. The number of nitrogens with one attached hydrogen (secondary N) is 1. The average Bonchev–Trinajstić information content (AvgIpc) is 3.53. The zero-order valence-corrected chi connectivity index (χ0v) is 23.2. The van der Waals surface area contributed by atoms with Gasteiger partial charge in [0.1, 0.15) is 34.6 Å². The number of terminal acetylenes is 1. The van der Waals surface area contributed by atoms with Crippen molar-refractivity contribution in [1.29, 1.82) is 0 Å². The van der Waals surface area contributed by atoms with E-state index in [9.17, 15) is 5.11 Å². The molecule has 0 radical (unpaired) electrons. The lowest BCUT2D eigenvalue weighted by Crippen LogP contribution is -2.62. The highest BCUT2D eigenvalue weighted by Gasteiger charge is 2.47. The highest BCUT2D eigenvalue weighted by atomic mass is 19.1. The molecule has 6 atom stereocenters. The lowest BCUT2D eigenvalue weighted by molar-refractivity contribution is 0.0544. The third-order valence-corrected chi connectivity index (χ3v) is 9.31. The van der Waals surface area contributed by atoms with E-state index in [0.717, 1.165) is 24.6 Å². The first-order valence-corrected chi connectivity index (χ1v) is 14.6. The number of nitrogens with zero attached hydrogens (tertiary/aromatic N) is 4. The van der Waals surface area contributed by atoms with Crippen molar-refractivity contribution in [2.45, 2.75) is 75.5 Å². The Morgan fingerprint density at radius 2 is 2.05 bits per heavy atom. The van der Waals surface area contributed by atoms with Gasteiger partial charge in [-0.25, -0.2) is 9.37 Å². The molecule has 2 saturated heterocycles. The fourth-order valence-electron chi connectivity index (χ4n) is 7.46. The molecule has 4 N–H and O–H groups in total. The molecule has 3 aliphatic heterocycles. The first kappa shape index (κ1) is 25.5. The van der Waals surface area contributed by atoms with Crippen LogP contribution in [0.2, 0.25) is 0 Å². The number of aliphatic hydroxyl groups excluding tert-OH is 1. The van der Waals surface area contributed by atoms with Gasteiger partial charge < -0.3 is 30.5 Å². The van der Waals surface area contributed by atoms with Crippen LogP contribution in [0.3, 0.4) is 0 Å². The van der Waals surface area contributed by atoms with E-state index in [2.05, 4.69) is 21.1 Å². The van der Waals surface area contributed by atoms with Gasteiger partial charge in [0.05, 0.1) is 12.1 Å². The van der Waals surface area contributed by atoms with Crippen molar-refractivity contribution < 1.29 is 19.0 Å². The molecule has 0 spiro atoms. The molecule has 1 aliphatic carbocycles. The van der Waals surface area contributed by atoms with Crippen molar-refractivity contribution in [1.82, 2.24) is 20.3 Å². The van der Waals surface area contributed by atoms with Gasteiger partial charge in [-0.3, -0.25) is 0 Å². The fourth-order valence-corrected chi connectivity index (χ4v) is 7.46. The van der Waals surface area contributed by atoms with E-state index < -0.39 is 18.0 Å². The summed E-state index contributed by atoms with van der Waals surface area (Å²) in [6.07, 6.45) is 8.75. The molecule has 10 heteroatoms. The van der Waals surface area contributed by atoms with Gasteiger partial charge >= 0.3 is 6.01 Å². The van der Waals surface area contributed by atoms with Gasteiger partial charge in [-0.05, 0) is 62.6 Å². The molecule has 2 bridgehead atoms. The third kappa shape index (κ3) is 3.80. The van der Waals surface area contributed by atoms with E-state index in [0.29, 0.717) is 58.8 Å². The van der Waals surface area contributed by atoms with Crippen LogP contribution >= 0.6 is 0 Å². The molecule has 1 saturated carbocycles. The Morgan fingerprint density at radius 3 is 2.86 bits per heavy atom. The van der Waals surface area contributed by atoms with Crippen LogP contribution in [-0.4, -0.2) is 63.0 Å². The SMILES string of the molecule is C#Cc1cccc2cc(N)cc(-c3nc4c5c(nc(O[C@@H]6CCC[C@H]6O)nc5c3F)N3C[C@H]5CC[C@H](N5)[C@H]3[C@H](C)O4)c12. The van der Waals surface area contributed by atoms with Crippen LogP contribution in [0.5, 0.6) is 11.9 Å². The first-order chi connectivity index (χ1) is 20.4. The third-order valence-electron chi connectivity index (χ3n) is 9.31. The Morgan fingerprint density at radius 1 is 1.17 bits per heavy atom. The van der Waals surface area contributed by atoms with Gasteiger partial charge in [0, 0.05) is 40.8 Å². The number of nitrogens with two attached hydrogens (primary N) is 1. The topological polar surface area (TPSA) is 119 Å². The Balaban J connectivity index is 1.40. The number of aliphatic hydroxyl groups is 1. The predicted molar refractivity (Wildman–Crippen MR) is 158 cm³/mol. The first-order valence-electron chi connectivity index (χ1n) is 14.6. The number of pyridine rings is 1. The van der Waals surface area contributed by atoms with Crippen LogP contribution in [0, 0.1) is 18.2 Å². The number of piperazine rings is 1. The van der Waals surface area contributed by atoms with Gasteiger partial charge in [0.25, 0.3) is 0 Å². The summed E-state index contributed by atoms with van der Waals surface area (Å²) in [6.45, 7) is 2.72. The average molecular weight is 567 g/mol. The van der Waals surface area contributed by atoms with E-state index in [1.165, 1.54) is 0 Å². The summed E-state index contributed by atoms with van der Waals surface area (Å²) in [6, 6.07) is 9.53. The van der Waals surface area contributed by atoms with Crippen LogP contribution in [0.25, 0.3) is 32.9 Å². The summed E-state index contributed by atoms with van der Waals surface area (Å²) in [4.78, 5) is 16.5. The van der Waals surface area contributed by atoms with Crippen LogP contribution in [0.4, 0.5) is 15.9 Å². The van der Waals surface area contributed by atoms with Crippen molar-refractivity contribution in [2.24, 2.45) is 0 Å². The number of aromatic nitrogens is 3. The van der Waals surface area contributed by atoms with Gasteiger partial charge in [-0.2, -0.15) is 9.97 Å². The van der Waals surface area contributed by atoms with Crippen molar-refractivity contribution in [2.75, 3.05) is 17.2 Å². The smallest absolute Gasteiger partial charge is 0.319 e. The molecule has 214 valence electrons. The molecule has 42 heavy (non-hydrogen) atoms. The Hall–Kier alpha value is -4.20. The summed E-state index contributed by atoms with van der Waals surface area (Å²) in [5, 5.41) is 16.1. The summed E-state index contributed by atoms with van der Waals surface area (Å²) in [7, 11) is 0. The largest absolute Gasteiger partial charge is 0.472 e. The molecular formula is C32H31FN6O3. The summed E-state index contributed by atoms with van der Waals surface area (Å²) in [5.74, 6) is 2.89. The van der Waals surface area contributed by atoms with Crippen molar-refractivity contribution in [3.05, 3.63) is 41.7 Å². The maximum absolute atomic E-state index is 16.9. The fraction of sp³-hybridized carbons (Fsp3) is 0.406. The van der Waals surface area contributed by atoms with Gasteiger partial charge in [-0.1, -0.05) is 18.1 Å². The number of anilines is 2. The molecule has 4 aromatic rings. The number of nitrogen functional groups attached to an aromatic ring is 1. The second kappa shape index (κ2) is 9.41. The molecule has 2 aromatic heterocycles. The highest BCUT2D eigenvalue weighted by Crippen LogP contribution is 2.45. The van der Waals surface area contributed by atoms with E-state index in [1.54, 1.807) is 6.07 Å². The zero-order chi connectivity index (χ0) is 28.7. The van der Waals surface area contributed by atoms with E-state index in [-0.39, 0.29) is 41.3 Å². The number of rotatable bonds is 3. The van der Waals surface area contributed by atoms with Crippen molar-refractivity contribution in [3.63, 3.8) is 0 Å². The molecule has 0 amide bonds. The van der Waals surface area contributed by atoms with E-state index >= 15 is 4.39 Å². The van der Waals surface area contributed by atoms with Crippen LogP contribution in [-0.2, 0) is 0 Å². The number of fused-ring (bicyclic) bond motifs is 6. The number of hydrogen-bond acceptors (Lipinski definition) is 9.